The van der Waals surface area contributed by atoms with Crippen LogP contribution in [0.5, 0.6) is 0 Å². The molecule has 0 heterocycles. The molecule has 0 aromatic heterocycles. The molecular formula is C10H11ClF3NO. The van der Waals surface area contributed by atoms with Crippen molar-refractivity contribution in [3.05, 3.63) is 34.3 Å². The van der Waals surface area contributed by atoms with E-state index in [0.717, 1.165) is 5.56 Å². The summed E-state index contributed by atoms with van der Waals surface area (Å²) in [5.74, 6) is 0. The van der Waals surface area contributed by atoms with Crippen molar-refractivity contribution < 1.29 is 17.9 Å². The van der Waals surface area contributed by atoms with Crippen molar-refractivity contribution in [3.8, 4) is 0 Å². The summed E-state index contributed by atoms with van der Waals surface area (Å²) in [6.07, 6.45) is -4.32. The van der Waals surface area contributed by atoms with E-state index in [1.807, 2.05) is 0 Å². The molecule has 0 saturated carbocycles. The first-order valence-electron chi connectivity index (χ1n) is 4.54. The molecule has 0 atom stereocenters. The van der Waals surface area contributed by atoms with Crippen LogP contribution in [-0.2, 0) is 17.9 Å². The third kappa shape index (κ3) is 4.38. The Bertz CT molecular complexity index is 354. The Balaban J connectivity index is 2.55. The van der Waals surface area contributed by atoms with Gasteiger partial charge in [-0.15, -0.1) is 0 Å². The molecule has 0 aliphatic heterocycles. The highest BCUT2D eigenvalue weighted by Crippen LogP contribution is 2.20. The molecule has 6 heteroatoms. The van der Waals surface area contributed by atoms with Crippen LogP contribution in [0.3, 0.4) is 0 Å². The highest BCUT2D eigenvalue weighted by atomic mass is 35.5. The molecule has 16 heavy (non-hydrogen) atoms. The van der Waals surface area contributed by atoms with Gasteiger partial charge in [0.1, 0.15) is 6.61 Å². The van der Waals surface area contributed by atoms with Crippen molar-refractivity contribution in [1.29, 1.82) is 0 Å². The number of alkyl halides is 3. The summed E-state index contributed by atoms with van der Waals surface area (Å²) in [7, 11) is 0. The summed E-state index contributed by atoms with van der Waals surface area (Å²) in [4.78, 5) is 0. The van der Waals surface area contributed by atoms with Gasteiger partial charge in [-0.05, 0) is 17.2 Å². The lowest BCUT2D eigenvalue weighted by Crippen LogP contribution is -2.16. The summed E-state index contributed by atoms with van der Waals surface area (Å²) in [6.45, 7) is -1.10. The van der Waals surface area contributed by atoms with E-state index < -0.39 is 12.8 Å². The van der Waals surface area contributed by atoms with E-state index in [2.05, 4.69) is 4.74 Å². The molecule has 0 unspecified atom stereocenters. The van der Waals surface area contributed by atoms with E-state index in [4.69, 9.17) is 17.3 Å². The second-order valence-corrected chi connectivity index (χ2v) is 3.65. The van der Waals surface area contributed by atoms with E-state index in [9.17, 15) is 13.2 Å². The average molecular weight is 254 g/mol. The number of hydrogen-bond donors (Lipinski definition) is 1. The SMILES string of the molecule is NCc1ccc(COCC(F)(F)F)c(Cl)c1. The Morgan fingerprint density at radius 2 is 2.00 bits per heavy atom. The molecule has 0 amide bonds. The maximum Gasteiger partial charge on any atom is 0.411 e. The summed E-state index contributed by atoms with van der Waals surface area (Å²) < 4.78 is 39.9. The van der Waals surface area contributed by atoms with Crippen molar-refractivity contribution in [3.63, 3.8) is 0 Å². The van der Waals surface area contributed by atoms with Crippen molar-refractivity contribution in [2.75, 3.05) is 6.61 Å². The van der Waals surface area contributed by atoms with Gasteiger partial charge in [-0.3, -0.25) is 0 Å². The standard InChI is InChI=1S/C10H11ClF3NO/c11-9-3-7(4-15)1-2-8(9)5-16-6-10(12,13)14/h1-3H,4-6,15H2. The van der Waals surface area contributed by atoms with Gasteiger partial charge in [0.05, 0.1) is 6.61 Å². The monoisotopic (exact) mass is 253 g/mol. The minimum Gasteiger partial charge on any atom is -0.367 e. The Hall–Kier alpha value is -0.780. The van der Waals surface area contributed by atoms with E-state index in [-0.39, 0.29) is 6.61 Å². The molecule has 1 aromatic carbocycles. The van der Waals surface area contributed by atoms with Gasteiger partial charge in [-0.2, -0.15) is 13.2 Å². The summed E-state index contributed by atoms with van der Waals surface area (Å²) >= 11 is 5.84. The van der Waals surface area contributed by atoms with Crippen molar-refractivity contribution in [1.82, 2.24) is 0 Å². The number of benzene rings is 1. The van der Waals surface area contributed by atoms with Crippen LogP contribution in [0.25, 0.3) is 0 Å². The lowest BCUT2D eigenvalue weighted by atomic mass is 10.1. The minimum absolute atomic E-state index is 0.163. The zero-order chi connectivity index (χ0) is 12.2. The fraction of sp³-hybridized carbons (Fsp3) is 0.400. The Morgan fingerprint density at radius 3 is 2.50 bits per heavy atom. The van der Waals surface area contributed by atoms with E-state index in [0.29, 0.717) is 17.1 Å². The van der Waals surface area contributed by atoms with Gasteiger partial charge in [0.15, 0.2) is 0 Å². The smallest absolute Gasteiger partial charge is 0.367 e. The second-order valence-electron chi connectivity index (χ2n) is 3.24. The molecule has 0 aliphatic rings. The first-order valence-corrected chi connectivity index (χ1v) is 4.92. The number of ether oxygens (including phenoxy) is 1. The fourth-order valence-corrected chi connectivity index (χ4v) is 1.37. The van der Waals surface area contributed by atoms with Gasteiger partial charge < -0.3 is 10.5 Å². The third-order valence-corrected chi connectivity index (χ3v) is 2.23. The molecule has 2 N–H and O–H groups in total. The molecule has 1 rings (SSSR count). The molecule has 0 fully saturated rings. The molecule has 90 valence electrons. The maximum atomic E-state index is 11.8. The van der Waals surface area contributed by atoms with Crippen LogP contribution in [-0.4, -0.2) is 12.8 Å². The van der Waals surface area contributed by atoms with Crippen molar-refractivity contribution >= 4 is 11.6 Å². The van der Waals surface area contributed by atoms with Gasteiger partial charge in [-0.1, -0.05) is 23.7 Å². The molecular weight excluding hydrogens is 243 g/mol. The largest absolute Gasteiger partial charge is 0.411 e. The molecule has 0 radical (unpaired) electrons. The van der Waals surface area contributed by atoms with Crippen LogP contribution in [0.4, 0.5) is 13.2 Å². The molecule has 0 saturated heterocycles. The molecule has 0 aliphatic carbocycles. The van der Waals surface area contributed by atoms with Gasteiger partial charge >= 0.3 is 6.18 Å². The topological polar surface area (TPSA) is 35.2 Å². The van der Waals surface area contributed by atoms with E-state index in [1.54, 1.807) is 18.2 Å². The Labute approximate surface area is 96.1 Å². The third-order valence-electron chi connectivity index (χ3n) is 1.88. The summed E-state index contributed by atoms with van der Waals surface area (Å²) in [6, 6.07) is 4.94. The van der Waals surface area contributed by atoms with Crippen LogP contribution in [0, 0.1) is 0 Å². The molecule has 1 aromatic rings. The van der Waals surface area contributed by atoms with Crippen LogP contribution < -0.4 is 5.73 Å². The van der Waals surface area contributed by atoms with Gasteiger partial charge in [0.2, 0.25) is 0 Å². The summed E-state index contributed by atoms with van der Waals surface area (Å²) in [5.41, 5.74) is 6.73. The van der Waals surface area contributed by atoms with Crippen molar-refractivity contribution in [2.24, 2.45) is 5.73 Å². The number of nitrogens with two attached hydrogens (primary N) is 1. The number of hydrogen-bond acceptors (Lipinski definition) is 2. The average Bonchev–Trinajstić information content (AvgIpc) is 2.18. The Kier molecular flexibility index (Phi) is 4.58. The van der Waals surface area contributed by atoms with Crippen LogP contribution >= 0.6 is 11.6 Å². The summed E-state index contributed by atoms with van der Waals surface area (Å²) in [5, 5.41) is 0.366. The van der Waals surface area contributed by atoms with Crippen LogP contribution in [0.15, 0.2) is 18.2 Å². The van der Waals surface area contributed by atoms with Gasteiger partial charge in [-0.25, -0.2) is 0 Å². The maximum absolute atomic E-state index is 11.8. The first kappa shape index (κ1) is 13.3. The minimum atomic E-state index is -4.32. The molecule has 2 nitrogen and oxygen atoms in total. The fourth-order valence-electron chi connectivity index (χ4n) is 1.11. The van der Waals surface area contributed by atoms with Crippen LogP contribution in [0.2, 0.25) is 5.02 Å². The Morgan fingerprint density at radius 1 is 1.31 bits per heavy atom. The first-order chi connectivity index (χ1) is 7.42. The molecule has 0 spiro atoms. The zero-order valence-corrected chi connectivity index (χ0v) is 9.11. The van der Waals surface area contributed by atoms with E-state index >= 15 is 0 Å². The van der Waals surface area contributed by atoms with Gasteiger partial charge in [0.25, 0.3) is 0 Å². The second kappa shape index (κ2) is 5.52. The highest BCUT2D eigenvalue weighted by molar-refractivity contribution is 6.31. The van der Waals surface area contributed by atoms with Crippen molar-refractivity contribution in [2.45, 2.75) is 19.3 Å². The van der Waals surface area contributed by atoms with E-state index in [1.165, 1.54) is 0 Å². The highest BCUT2D eigenvalue weighted by Gasteiger charge is 2.27. The quantitative estimate of drug-likeness (QED) is 0.896. The zero-order valence-electron chi connectivity index (χ0n) is 8.35. The predicted octanol–water partition coefficient (Wildman–Crippen LogP) is 2.88. The lowest BCUT2D eigenvalue weighted by molar-refractivity contribution is -0.176. The number of rotatable bonds is 4. The number of halogens is 4. The normalized spacial score (nSPS) is 11.8. The molecule has 0 bridgehead atoms. The predicted molar refractivity (Wildman–Crippen MR) is 55.1 cm³/mol. The van der Waals surface area contributed by atoms with Crippen LogP contribution in [0.1, 0.15) is 11.1 Å². The van der Waals surface area contributed by atoms with Gasteiger partial charge in [0, 0.05) is 11.6 Å². The lowest BCUT2D eigenvalue weighted by Gasteiger charge is -2.09.